The summed E-state index contributed by atoms with van der Waals surface area (Å²) in [6, 6.07) is 4.47. The summed E-state index contributed by atoms with van der Waals surface area (Å²) in [6.45, 7) is 4.00. The van der Waals surface area contributed by atoms with E-state index in [-0.39, 0.29) is 17.5 Å². The van der Waals surface area contributed by atoms with Crippen LogP contribution in [0.25, 0.3) is 10.9 Å². The van der Waals surface area contributed by atoms with Crippen molar-refractivity contribution in [1.29, 1.82) is 0 Å². The van der Waals surface area contributed by atoms with Crippen molar-refractivity contribution in [2.45, 2.75) is 26.7 Å². The summed E-state index contributed by atoms with van der Waals surface area (Å²) in [7, 11) is 0. The highest BCUT2D eigenvalue weighted by atomic mass is 19.1. The summed E-state index contributed by atoms with van der Waals surface area (Å²) < 4.78 is 13.2. The number of carbonyl (C=O) groups excluding carboxylic acids is 1. The molecule has 0 unspecified atom stereocenters. The van der Waals surface area contributed by atoms with Crippen molar-refractivity contribution in [3.8, 4) is 0 Å². The van der Waals surface area contributed by atoms with Gasteiger partial charge in [-0.25, -0.2) is 4.39 Å². The van der Waals surface area contributed by atoms with E-state index in [0.717, 1.165) is 18.4 Å². The Kier molecular flexibility index (Phi) is 3.27. The molecule has 2 nitrogen and oxygen atoms in total. The van der Waals surface area contributed by atoms with E-state index in [1.165, 1.54) is 12.1 Å². The van der Waals surface area contributed by atoms with Crippen LogP contribution in [0.15, 0.2) is 24.4 Å². The average molecular weight is 233 g/mol. The summed E-state index contributed by atoms with van der Waals surface area (Å²) in [5, 5.41) is 0.682. The number of ketones is 1. The summed E-state index contributed by atoms with van der Waals surface area (Å²) in [5.41, 5.74) is 1.41. The number of rotatable bonds is 4. The predicted octanol–water partition coefficient (Wildman–Crippen LogP) is 3.93. The van der Waals surface area contributed by atoms with Crippen LogP contribution in [0.3, 0.4) is 0 Å². The van der Waals surface area contributed by atoms with Gasteiger partial charge in [0.25, 0.3) is 0 Å². The quantitative estimate of drug-likeness (QED) is 0.797. The molecule has 2 rings (SSSR count). The van der Waals surface area contributed by atoms with Crippen LogP contribution in [-0.4, -0.2) is 10.8 Å². The second kappa shape index (κ2) is 4.70. The second-order valence-electron chi connectivity index (χ2n) is 4.27. The van der Waals surface area contributed by atoms with Crippen LogP contribution in [0.5, 0.6) is 0 Å². The van der Waals surface area contributed by atoms with Crippen molar-refractivity contribution in [3.63, 3.8) is 0 Å². The Morgan fingerprint density at radius 1 is 1.35 bits per heavy atom. The molecule has 17 heavy (non-hydrogen) atoms. The fourth-order valence-electron chi connectivity index (χ4n) is 2.18. The molecule has 0 fully saturated rings. The zero-order valence-corrected chi connectivity index (χ0v) is 10.1. The molecule has 1 aromatic heterocycles. The molecule has 0 spiro atoms. The van der Waals surface area contributed by atoms with Gasteiger partial charge in [-0.05, 0) is 31.0 Å². The van der Waals surface area contributed by atoms with Crippen molar-refractivity contribution < 1.29 is 9.18 Å². The number of halogens is 1. The number of fused-ring (bicyclic) bond motifs is 1. The molecule has 0 radical (unpaired) electrons. The Balaban J connectivity index is 2.48. The molecule has 1 N–H and O–H groups in total. The predicted molar refractivity (Wildman–Crippen MR) is 66.7 cm³/mol. The van der Waals surface area contributed by atoms with Gasteiger partial charge in [0.05, 0.1) is 0 Å². The smallest absolute Gasteiger partial charge is 0.168 e. The molecular formula is C14H16FNO. The number of Topliss-reactive ketones (excluding diaryl/α,β-unsaturated/α-hetero) is 1. The molecule has 0 amide bonds. The van der Waals surface area contributed by atoms with E-state index in [1.54, 1.807) is 12.3 Å². The highest BCUT2D eigenvalue weighted by Gasteiger charge is 2.19. The zero-order valence-electron chi connectivity index (χ0n) is 10.1. The van der Waals surface area contributed by atoms with Crippen molar-refractivity contribution in [1.82, 2.24) is 4.98 Å². The molecule has 0 bridgehead atoms. The molecule has 1 heterocycles. The number of benzene rings is 1. The average Bonchev–Trinajstić information content (AvgIpc) is 2.73. The minimum Gasteiger partial charge on any atom is -0.360 e. The fourth-order valence-corrected chi connectivity index (χ4v) is 2.18. The number of aromatic nitrogens is 1. The Bertz CT molecular complexity index is 540. The van der Waals surface area contributed by atoms with Gasteiger partial charge in [-0.15, -0.1) is 0 Å². The van der Waals surface area contributed by atoms with Gasteiger partial charge in [0, 0.05) is 28.6 Å². The molecule has 3 heteroatoms. The molecule has 2 aromatic rings. The first kappa shape index (κ1) is 11.8. The van der Waals surface area contributed by atoms with E-state index in [4.69, 9.17) is 0 Å². The second-order valence-corrected chi connectivity index (χ2v) is 4.27. The Labute approximate surface area is 99.8 Å². The molecule has 0 aliphatic heterocycles. The number of nitrogens with one attached hydrogen (secondary N) is 1. The third kappa shape index (κ3) is 2.09. The number of hydrogen-bond acceptors (Lipinski definition) is 1. The normalized spacial score (nSPS) is 11.3. The van der Waals surface area contributed by atoms with E-state index in [1.807, 2.05) is 13.8 Å². The number of H-pyrrole nitrogens is 1. The maximum Gasteiger partial charge on any atom is 0.168 e. The summed E-state index contributed by atoms with van der Waals surface area (Å²) in [5.74, 6) is -0.181. The van der Waals surface area contributed by atoms with Crippen LogP contribution < -0.4 is 0 Å². The van der Waals surface area contributed by atoms with Crippen molar-refractivity contribution in [2.24, 2.45) is 5.92 Å². The summed E-state index contributed by atoms with van der Waals surface area (Å²) in [4.78, 5) is 15.3. The van der Waals surface area contributed by atoms with Gasteiger partial charge in [0.2, 0.25) is 0 Å². The highest BCUT2D eigenvalue weighted by molar-refractivity contribution is 6.08. The highest BCUT2D eigenvalue weighted by Crippen LogP contribution is 2.24. The SMILES string of the molecule is CCC(CC)C(=O)c1c[nH]c2ccc(F)cc12. The lowest BCUT2D eigenvalue weighted by molar-refractivity contribution is 0.0915. The largest absolute Gasteiger partial charge is 0.360 e. The molecule has 0 atom stereocenters. The van der Waals surface area contributed by atoms with Crippen LogP contribution in [0, 0.1) is 11.7 Å². The van der Waals surface area contributed by atoms with Gasteiger partial charge in [0.1, 0.15) is 5.82 Å². The van der Waals surface area contributed by atoms with Crippen LogP contribution in [0.1, 0.15) is 37.0 Å². The monoisotopic (exact) mass is 233 g/mol. The minimum atomic E-state index is -0.310. The van der Waals surface area contributed by atoms with Crippen LogP contribution in [0.2, 0.25) is 0 Å². The number of hydrogen-bond donors (Lipinski definition) is 1. The molecule has 0 saturated carbocycles. The molecule has 90 valence electrons. The van der Waals surface area contributed by atoms with E-state index in [2.05, 4.69) is 4.98 Å². The van der Waals surface area contributed by atoms with E-state index in [0.29, 0.717) is 10.9 Å². The third-order valence-corrected chi connectivity index (χ3v) is 3.27. The zero-order chi connectivity index (χ0) is 12.4. The first-order valence-electron chi connectivity index (χ1n) is 5.98. The maximum absolute atomic E-state index is 13.2. The van der Waals surface area contributed by atoms with Crippen molar-refractivity contribution >= 4 is 16.7 Å². The fraction of sp³-hybridized carbons (Fsp3) is 0.357. The van der Waals surface area contributed by atoms with Gasteiger partial charge in [-0.3, -0.25) is 4.79 Å². The molecule has 0 aliphatic rings. The summed E-state index contributed by atoms with van der Waals surface area (Å²) in [6.07, 6.45) is 3.32. The van der Waals surface area contributed by atoms with Gasteiger partial charge in [-0.1, -0.05) is 13.8 Å². The third-order valence-electron chi connectivity index (χ3n) is 3.27. The Morgan fingerprint density at radius 3 is 2.71 bits per heavy atom. The van der Waals surface area contributed by atoms with Gasteiger partial charge < -0.3 is 4.98 Å². The molecule has 1 aromatic carbocycles. The van der Waals surface area contributed by atoms with E-state index in [9.17, 15) is 9.18 Å². The van der Waals surface area contributed by atoms with E-state index >= 15 is 0 Å². The number of carbonyl (C=O) groups is 1. The van der Waals surface area contributed by atoms with E-state index < -0.39 is 0 Å². The van der Waals surface area contributed by atoms with Crippen LogP contribution in [0.4, 0.5) is 4.39 Å². The molecule has 0 aliphatic carbocycles. The van der Waals surface area contributed by atoms with Gasteiger partial charge >= 0.3 is 0 Å². The lowest BCUT2D eigenvalue weighted by atomic mass is 9.93. The maximum atomic E-state index is 13.2. The van der Waals surface area contributed by atoms with Crippen LogP contribution >= 0.6 is 0 Å². The minimum absolute atomic E-state index is 0.0252. The lowest BCUT2D eigenvalue weighted by Crippen LogP contribution is -2.12. The molecule has 0 saturated heterocycles. The van der Waals surface area contributed by atoms with Crippen molar-refractivity contribution in [2.75, 3.05) is 0 Å². The first-order chi connectivity index (χ1) is 8.17. The number of aromatic amines is 1. The molecular weight excluding hydrogens is 217 g/mol. The lowest BCUT2D eigenvalue weighted by Gasteiger charge is -2.09. The standard InChI is InChI=1S/C14H16FNO/c1-3-9(4-2)14(17)12-8-16-13-6-5-10(15)7-11(12)13/h5-9,16H,3-4H2,1-2H3. The Morgan fingerprint density at radius 2 is 2.06 bits per heavy atom. The Hall–Kier alpha value is -1.64. The van der Waals surface area contributed by atoms with Crippen molar-refractivity contribution in [3.05, 3.63) is 35.8 Å². The first-order valence-corrected chi connectivity index (χ1v) is 5.98. The summed E-state index contributed by atoms with van der Waals surface area (Å²) >= 11 is 0. The van der Waals surface area contributed by atoms with Gasteiger partial charge in [-0.2, -0.15) is 0 Å². The topological polar surface area (TPSA) is 32.9 Å². The van der Waals surface area contributed by atoms with Crippen LogP contribution in [-0.2, 0) is 0 Å². The van der Waals surface area contributed by atoms with Gasteiger partial charge in [0.15, 0.2) is 5.78 Å².